The molecule has 0 radical (unpaired) electrons. The van der Waals surface area contributed by atoms with Crippen molar-refractivity contribution in [1.29, 1.82) is 0 Å². The first kappa shape index (κ1) is 40.9. The quantitative estimate of drug-likeness (QED) is 0.143. The van der Waals surface area contributed by atoms with Gasteiger partial charge in [-0.1, -0.05) is 139 Å². The Labute approximate surface area is 396 Å². The summed E-state index contributed by atoms with van der Waals surface area (Å²) < 4.78 is 0. The van der Waals surface area contributed by atoms with E-state index < -0.39 is 0 Å². The van der Waals surface area contributed by atoms with E-state index in [1.165, 1.54) is 67.2 Å². The number of para-hydroxylation sites is 2. The first-order chi connectivity index (χ1) is 33.0. The van der Waals surface area contributed by atoms with Crippen LogP contribution in [0.3, 0.4) is 0 Å². The molecule has 3 unspecified atom stereocenters. The van der Waals surface area contributed by atoms with E-state index in [2.05, 4.69) is 254 Å². The number of allylic oxidation sites excluding steroid dienone is 12. The van der Waals surface area contributed by atoms with Crippen LogP contribution < -0.4 is 14.7 Å². The first-order valence-electron chi connectivity index (χ1n) is 24.1. The minimum absolute atomic E-state index is 0.135. The Morgan fingerprint density at radius 2 is 1.00 bits per heavy atom. The van der Waals surface area contributed by atoms with Crippen molar-refractivity contribution in [2.24, 2.45) is 11.8 Å². The van der Waals surface area contributed by atoms with E-state index in [0.717, 1.165) is 59.8 Å². The molecule has 0 bridgehead atoms. The largest absolute Gasteiger partial charge is 0.314 e. The zero-order valence-electron chi connectivity index (χ0n) is 38.6. The van der Waals surface area contributed by atoms with Crippen molar-refractivity contribution < 1.29 is 0 Å². The molecule has 7 aromatic carbocycles. The molecular weight excluding hydrogens is 811 g/mol. The maximum absolute atomic E-state index is 2.59. The van der Waals surface area contributed by atoms with Gasteiger partial charge in [0, 0.05) is 68.3 Å². The molecule has 3 nitrogen and oxygen atoms in total. The molecule has 7 aromatic rings. The number of hydrogen-bond donors (Lipinski definition) is 0. The lowest BCUT2D eigenvalue weighted by molar-refractivity contribution is 0.335. The van der Waals surface area contributed by atoms with Gasteiger partial charge >= 0.3 is 0 Å². The molecule has 326 valence electrons. The van der Waals surface area contributed by atoms with Gasteiger partial charge in [0.15, 0.2) is 0 Å². The second-order valence-corrected chi connectivity index (χ2v) is 19.0. The van der Waals surface area contributed by atoms with Gasteiger partial charge in [-0.3, -0.25) is 0 Å². The standard InChI is InChI=1S/C64H55N3/c1-44-29-33-49(34-30-44)65(53-41-42-61(46(3)43-53)66(47-17-6-4-7-18-47)48-19-8-5-9-20-48)50-37-39-52(40-38-50)67(51-35-31-45(2)32-36-51)62-28-16-27-60-63(62)56-23-12-15-26-59(56)64(60)57-24-13-10-21-54(57)55-22-11-14-25-58(55)64/h4-24,27-31,33-35,37-43,58-59H,25-26,32,36H2,1-3H3. The lowest BCUT2D eigenvalue weighted by Crippen LogP contribution is -2.38. The van der Waals surface area contributed by atoms with Crippen LogP contribution in [0.4, 0.5) is 45.5 Å². The van der Waals surface area contributed by atoms with Gasteiger partial charge in [0.25, 0.3) is 0 Å². The van der Waals surface area contributed by atoms with Crippen molar-refractivity contribution in [3.8, 4) is 0 Å². The molecule has 1 spiro atoms. The number of nitrogens with zero attached hydrogens (tertiary/aromatic N) is 3. The summed E-state index contributed by atoms with van der Waals surface area (Å²) in [5.41, 5.74) is 23.1. The average molecular weight is 866 g/mol. The van der Waals surface area contributed by atoms with Crippen LogP contribution in [0.15, 0.2) is 230 Å². The van der Waals surface area contributed by atoms with Crippen molar-refractivity contribution in [1.82, 2.24) is 0 Å². The van der Waals surface area contributed by atoms with Crippen LogP contribution in [0.1, 0.15) is 66.0 Å². The van der Waals surface area contributed by atoms with Crippen LogP contribution in [0, 0.1) is 25.7 Å². The molecule has 5 aliphatic rings. The Bertz CT molecular complexity index is 3180. The summed E-state index contributed by atoms with van der Waals surface area (Å²) >= 11 is 0. The Morgan fingerprint density at radius 1 is 0.433 bits per heavy atom. The van der Waals surface area contributed by atoms with E-state index in [1.54, 1.807) is 0 Å². The second-order valence-electron chi connectivity index (χ2n) is 19.0. The number of rotatable bonds is 9. The van der Waals surface area contributed by atoms with Crippen molar-refractivity contribution >= 4 is 56.6 Å². The molecule has 0 saturated heterocycles. The highest BCUT2D eigenvalue weighted by atomic mass is 15.2. The summed E-state index contributed by atoms with van der Waals surface area (Å²) in [7, 11) is 0. The molecule has 3 atom stereocenters. The molecule has 67 heavy (non-hydrogen) atoms. The summed E-state index contributed by atoms with van der Waals surface area (Å²) in [6.45, 7) is 6.65. The second kappa shape index (κ2) is 16.7. The molecule has 0 amide bonds. The Kier molecular flexibility index (Phi) is 10.2. The molecule has 12 rings (SSSR count). The molecule has 0 aromatic heterocycles. The molecule has 0 fully saturated rings. The van der Waals surface area contributed by atoms with E-state index >= 15 is 0 Å². The summed E-state index contributed by atoms with van der Waals surface area (Å²) in [4.78, 5) is 7.35. The van der Waals surface area contributed by atoms with Crippen LogP contribution in [-0.4, -0.2) is 0 Å². The fraction of sp³-hybridized carbons (Fsp3) is 0.156. The molecule has 0 aliphatic heterocycles. The normalized spacial score (nSPS) is 19.6. The third-order valence-corrected chi connectivity index (χ3v) is 15.1. The molecule has 0 N–H and O–H groups in total. The van der Waals surface area contributed by atoms with E-state index in [4.69, 9.17) is 0 Å². The van der Waals surface area contributed by atoms with Gasteiger partial charge in [0.1, 0.15) is 0 Å². The Hall–Kier alpha value is -7.62. The smallest absolute Gasteiger partial charge is 0.0536 e. The van der Waals surface area contributed by atoms with Crippen LogP contribution in [-0.2, 0) is 5.41 Å². The fourth-order valence-electron chi connectivity index (χ4n) is 12.1. The Balaban J connectivity index is 0.987. The first-order valence-corrected chi connectivity index (χ1v) is 24.1. The summed E-state index contributed by atoms with van der Waals surface area (Å²) in [6.07, 6.45) is 23.1. The van der Waals surface area contributed by atoms with E-state index in [9.17, 15) is 0 Å². The Morgan fingerprint density at radius 3 is 1.66 bits per heavy atom. The lowest BCUT2D eigenvalue weighted by Gasteiger charge is -2.40. The number of hydrogen-bond acceptors (Lipinski definition) is 3. The predicted octanol–water partition coefficient (Wildman–Crippen LogP) is 17.2. The number of aryl methyl sites for hydroxylation is 2. The number of fused-ring (bicyclic) bond motifs is 10. The van der Waals surface area contributed by atoms with E-state index in [-0.39, 0.29) is 5.41 Å². The maximum Gasteiger partial charge on any atom is 0.0536 e. The molecule has 5 aliphatic carbocycles. The molecule has 0 saturated carbocycles. The summed E-state index contributed by atoms with van der Waals surface area (Å²) in [5, 5.41) is 0. The van der Waals surface area contributed by atoms with Gasteiger partial charge in [-0.15, -0.1) is 0 Å². The highest BCUT2D eigenvalue weighted by Gasteiger charge is 2.60. The fourth-order valence-corrected chi connectivity index (χ4v) is 12.1. The zero-order valence-corrected chi connectivity index (χ0v) is 38.6. The van der Waals surface area contributed by atoms with Gasteiger partial charge in [0.05, 0.1) is 5.69 Å². The minimum atomic E-state index is -0.135. The summed E-state index contributed by atoms with van der Waals surface area (Å²) in [5.74, 6) is 0.748. The van der Waals surface area contributed by atoms with Crippen LogP contribution >= 0.6 is 0 Å². The van der Waals surface area contributed by atoms with Crippen molar-refractivity contribution in [2.45, 2.75) is 51.9 Å². The molecule has 3 heteroatoms. The van der Waals surface area contributed by atoms with Crippen LogP contribution in [0.25, 0.3) is 11.1 Å². The van der Waals surface area contributed by atoms with Gasteiger partial charge < -0.3 is 14.7 Å². The highest BCUT2D eigenvalue weighted by molar-refractivity contribution is 5.96. The summed E-state index contributed by atoms with van der Waals surface area (Å²) in [6, 6.07) is 63.0. The van der Waals surface area contributed by atoms with Gasteiger partial charge in [-0.05, 0) is 171 Å². The number of benzene rings is 7. The molecule has 0 heterocycles. The average Bonchev–Trinajstić information content (AvgIpc) is 3.85. The molecular formula is C64H55N3. The van der Waals surface area contributed by atoms with Crippen molar-refractivity contribution in [2.75, 3.05) is 14.7 Å². The monoisotopic (exact) mass is 865 g/mol. The predicted molar refractivity (Wildman–Crippen MR) is 283 cm³/mol. The van der Waals surface area contributed by atoms with Gasteiger partial charge in [0.2, 0.25) is 0 Å². The SMILES string of the molecule is CC1=CC=C(N(c2ccc(N(c3ccc(C)cc3)c3ccc(N(c4ccccc4)c4ccccc4)c(C)c3)cc2)c2cccc3c2C2=CC=CCC2C32c3ccccc3C3=CC=CCC32)CC1. The van der Waals surface area contributed by atoms with Crippen LogP contribution in [0.5, 0.6) is 0 Å². The number of anilines is 8. The van der Waals surface area contributed by atoms with Crippen LogP contribution in [0.2, 0.25) is 0 Å². The maximum atomic E-state index is 2.59. The highest BCUT2D eigenvalue weighted by Crippen LogP contribution is 2.69. The lowest BCUT2D eigenvalue weighted by atomic mass is 9.61. The zero-order chi connectivity index (χ0) is 45.1. The van der Waals surface area contributed by atoms with E-state index in [1.807, 2.05) is 0 Å². The third-order valence-electron chi connectivity index (χ3n) is 15.1. The van der Waals surface area contributed by atoms with Gasteiger partial charge in [-0.25, -0.2) is 0 Å². The van der Waals surface area contributed by atoms with Crippen molar-refractivity contribution in [3.63, 3.8) is 0 Å². The topological polar surface area (TPSA) is 9.72 Å². The van der Waals surface area contributed by atoms with Crippen molar-refractivity contribution in [3.05, 3.63) is 263 Å². The minimum Gasteiger partial charge on any atom is -0.314 e. The van der Waals surface area contributed by atoms with Gasteiger partial charge in [-0.2, -0.15) is 0 Å². The third kappa shape index (κ3) is 6.70. The van der Waals surface area contributed by atoms with E-state index in [0.29, 0.717) is 11.8 Å².